The lowest BCUT2D eigenvalue weighted by Gasteiger charge is -2.05. The van der Waals surface area contributed by atoms with Crippen LogP contribution in [0.25, 0.3) is 11.0 Å². The molecule has 2 heterocycles. The fourth-order valence-electron chi connectivity index (χ4n) is 2.08. The number of nitrogens with zero attached hydrogens (tertiary/aromatic N) is 2. The number of pyridine rings is 1. The second-order valence-electron chi connectivity index (χ2n) is 4.46. The van der Waals surface area contributed by atoms with Crippen molar-refractivity contribution in [1.82, 2.24) is 14.5 Å². The van der Waals surface area contributed by atoms with Crippen LogP contribution >= 0.6 is 23.8 Å². The van der Waals surface area contributed by atoms with Gasteiger partial charge >= 0.3 is 0 Å². The molecule has 1 N–H and O–H groups in total. The summed E-state index contributed by atoms with van der Waals surface area (Å²) in [5.41, 5.74) is 4.02. The van der Waals surface area contributed by atoms with Crippen LogP contribution in [0.3, 0.4) is 0 Å². The first-order chi connectivity index (χ1) is 9.15. The molecule has 0 amide bonds. The lowest BCUT2D eigenvalue weighted by Crippen LogP contribution is -2.00. The standard InChI is InChI=1S/C14H12ClN3S/c1-9-5-6-10(7-16-9)8-18-12-4-2-3-11(15)13(12)17-14(18)19/h2-7H,8H2,1H3,(H,17,19). The van der Waals surface area contributed by atoms with Gasteiger partial charge in [-0.25, -0.2) is 0 Å². The summed E-state index contributed by atoms with van der Waals surface area (Å²) < 4.78 is 2.70. The van der Waals surface area contributed by atoms with Gasteiger partial charge in [0.15, 0.2) is 4.77 Å². The van der Waals surface area contributed by atoms with Gasteiger partial charge in [0.1, 0.15) is 0 Å². The predicted octanol–water partition coefficient (Wildman–Crippen LogP) is 4.10. The average molecular weight is 290 g/mol. The number of halogens is 1. The van der Waals surface area contributed by atoms with E-state index in [9.17, 15) is 0 Å². The minimum Gasteiger partial charge on any atom is -0.329 e. The molecule has 0 aliphatic carbocycles. The van der Waals surface area contributed by atoms with Gasteiger partial charge in [0.2, 0.25) is 0 Å². The molecule has 5 heteroatoms. The number of imidazole rings is 1. The van der Waals surface area contributed by atoms with Crippen LogP contribution in [0.2, 0.25) is 5.02 Å². The van der Waals surface area contributed by atoms with Crippen LogP contribution in [0.15, 0.2) is 36.5 Å². The SMILES string of the molecule is Cc1ccc(Cn2c(=S)[nH]c3c(Cl)cccc32)cn1. The summed E-state index contributed by atoms with van der Waals surface area (Å²) in [7, 11) is 0. The number of aryl methyl sites for hydroxylation is 1. The van der Waals surface area contributed by atoms with Gasteiger partial charge in [-0.1, -0.05) is 23.7 Å². The van der Waals surface area contributed by atoms with Crippen molar-refractivity contribution < 1.29 is 0 Å². The second kappa shape index (κ2) is 4.79. The van der Waals surface area contributed by atoms with Crippen LogP contribution in [0.4, 0.5) is 0 Å². The highest BCUT2D eigenvalue weighted by molar-refractivity contribution is 7.71. The quantitative estimate of drug-likeness (QED) is 0.721. The zero-order chi connectivity index (χ0) is 13.4. The molecule has 0 atom stereocenters. The lowest BCUT2D eigenvalue weighted by atomic mass is 10.2. The molecule has 2 aromatic heterocycles. The average Bonchev–Trinajstić information content (AvgIpc) is 2.71. The van der Waals surface area contributed by atoms with Crippen LogP contribution in [0.5, 0.6) is 0 Å². The summed E-state index contributed by atoms with van der Waals surface area (Å²) in [6.07, 6.45) is 1.88. The van der Waals surface area contributed by atoms with E-state index in [-0.39, 0.29) is 0 Å². The third kappa shape index (κ3) is 2.29. The molecule has 1 aromatic carbocycles. The number of para-hydroxylation sites is 1. The maximum atomic E-state index is 6.16. The second-order valence-corrected chi connectivity index (χ2v) is 5.25. The third-order valence-corrected chi connectivity index (χ3v) is 3.71. The monoisotopic (exact) mass is 289 g/mol. The molecule has 3 nitrogen and oxygen atoms in total. The minimum absolute atomic E-state index is 0.670. The Bertz CT molecular complexity index is 787. The Morgan fingerprint density at radius 1 is 1.32 bits per heavy atom. The molecule has 0 saturated carbocycles. The smallest absolute Gasteiger partial charge is 0.178 e. The van der Waals surface area contributed by atoms with Gasteiger partial charge in [0, 0.05) is 11.9 Å². The highest BCUT2D eigenvalue weighted by atomic mass is 35.5. The molecule has 0 radical (unpaired) electrons. The van der Waals surface area contributed by atoms with Crippen molar-refractivity contribution in [2.24, 2.45) is 0 Å². The van der Waals surface area contributed by atoms with Crippen LogP contribution in [0, 0.1) is 11.7 Å². The van der Waals surface area contributed by atoms with Crippen LogP contribution in [-0.4, -0.2) is 14.5 Å². The number of fused-ring (bicyclic) bond motifs is 1. The van der Waals surface area contributed by atoms with Gasteiger partial charge in [0.25, 0.3) is 0 Å². The molecular formula is C14H12ClN3S. The zero-order valence-electron chi connectivity index (χ0n) is 10.4. The molecule has 0 bridgehead atoms. The number of hydrogen-bond donors (Lipinski definition) is 1. The molecular weight excluding hydrogens is 278 g/mol. The Morgan fingerprint density at radius 2 is 2.16 bits per heavy atom. The fourth-order valence-corrected chi connectivity index (χ4v) is 2.56. The Balaban J connectivity index is 2.10. The number of nitrogens with one attached hydrogen (secondary N) is 1. The summed E-state index contributed by atoms with van der Waals surface area (Å²) in [5, 5.41) is 0.685. The maximum Gasteiger partial charge on any atom is 0.178 e. The van der Waals surface area contributed by atoms with Crippen molar-refractivity contribution in [3.63, 3.8) is 0 Å². The van der Waals surface area contributed by atoms with E-state index < -0.39 is 0 Å². The molecule has 0 fully saturated rings. The molecule has 96 valence electrons. The van der Waals surface area contributed by atoms with Crippen LogP contribution < -0.4 is 0 Å². The molecule has 19 heavy (non-hydrogen) atoms. The largest absolute Gasteiger partial charge is 0.329 e. The van der Waals surface area contributed by atoms with E-state index in [0.717, 1.165) is 22.3 Å². The van der Waals surface area contributed by atoms with E-state index in [2.05, 4.69) is 16.0 Å². The molecule has 3 rings (SSSR count). The van der Waals surface area contributed by atoms with Crippen molar-refractivity contribution in [2.45, 2.75) is 13.5 Å². The summed E-state index contributed by atoms with van der Waals surface area (Å²) in [4.78, 5) is 7.46. The predicted molar refractivity (Wildman–Crippen MR) is 80.2 cm³/mol. The van der Waals surface area contributed by atoms with Crippen molar-refractivity contribution >= 4 is 34.9 Å². The Labute approximate surface area is 120 Å². The van der Waals surface area contributed by atoms with Crippen molar-refractivity contribution in [2.75, 3.05) is 0 Å². The topological polar surface area (TPSA) is 33.6 Å². The molecule has 0 unspecified atom stereocenters. The summed E-state index contributed by atoms with van der Waals surface area (Å²) in [6.45, 7) is 2.66. The van der Waals surface area contributed by atoms with Gasteiger partial charge in [-0.15, -0.1) is 0 Å². The number of H-pyrrole nitrogens is 1. The Hall–Kier alpha value is -1.65. The first kappa shape index (κ1) is 12.4. The van der Waals surface area contributed by atoms with Crippen LogP contribution in [-0.2, 0) is 6.54 Å². The third-order valence-electron chi connectivity index (χ3n) is 3.07. The van der Waals surface area contributed by atoms with Crippen molar-refractivity contribution in [3.05, 3.63) is 57.6 Å². The fraction of sp³-hybridized carbons (Fsp3) is 0.143. The van der Waals surface area contributed by atoms with Gasteiger partial charge in [-0.2, -0.15) is 0 Å². The normalized spacial score (nSPS) is 11.1. The molecule has 0 aliphatic rings. The van der Waals surface area contributed by atoms with Gasteiger partial charge in [-0.3, -0.25) is 4.98 Å². The highest BCUT2D eigenvalue weighted by Crippen LogP contribution is 2.23. The Kier molecular flexibility index (Phi) is 3.12. The number of rotatable bonds is 2. The lowest BCUT2D eigenvalue weighted by molar-refractivity contribution is 0.805. The molecule has 3 aromatic rings. The van der Waals surface area contributed by atoms with E-state index in [1.165, 1.54) is 0 Å². The van der Waals surface area contributed by atoms with Crippen molar-refractivity contribution in [1.29, 1.82) is 0 Å². The molecule has 0 aliphatic heterocycles. The zero-order valence-corrected chi connectivity index (χ0v) is 11.9. The summed E-state index contributed by atoms with van der Waals surface area (Å²) >= 11 is 11.5. The molecule has 0 spiro atoms. The highest BCUT2D eigenvalue weighted by Gasteiger charge is 2.07. The van der Waals surface area contributed by atoms with Crippen molar-refractivity contribution in [3.8, 4) is 0 Å². The van der Waals surface area contributed by atoms with E-state index in [0.29, 0.717) is 16.3 Å². The maximum absolute atomic E-state index is 6.16. The van der Waals surface area contributed by atoms with Gasteiger partial charge in [-0.05, 0) is 42.9 Å². The van der Waals surface area contributed by atoms with E-state index >= 15 is 0 Å². The van der Waals surface area contributed by atoms with E-state index in [1.807, 2.05) is 42.0 Å². The molecule has 0 saturated heterocycles. The van der Waals surface area contributed by atoms with E-state index in [4.69, 9.17) is 23.8 Å². The van der Waals surface area contributed by atoms with Gasteiger partial charge in [0.05, 0.1) is 22.6 Å². The summed E-state index contributed by atoms with van der Waals surface area (Å²) in [6, 6.07) is 9.85. The number of benzene rings is 1. The first-order valence-electron chi connectivity index (χ1n) is 5.94. The van der Waals surface area contributed by atoms with E-state index in [1.54, 1.807) is 0 Å². The van der Waals surface area contributed by atoms with Gasteiger partial charge < -0.3 is 9.55 Å². The minimum atomic E-state index is 0.670. The number of aromatic nitrogens is 3. The summed E-state index contributed by atoms with van der Waals surface area (Å²) in [5.74, 6) is 0. The number of aromatic amines is 1. The first-order valence-corrected chi connectivity index (χ1v) is 6.72. The number of hydrogen-bond acceptors (Lipinski definition) is 2. The Morgan fingerprint density at radius 3 is 2.89 bits per heavy atom. The van der Waals surface area contributed by atoms with Crippen LogP contribution in [0.1, 0.15) is 11.3 Å².